The predicted octanol–water partition coefficient (Wildman–Crippen LogP) is 4.56. The maximum atomic E-state index is 3.75. The Balaban J connectivity index is 2.87. The molecule has 1 radical (unpaired) electrons. The van der Waals surface area contributed by atoms with Gasteiger partial charge in [0.05, 0.1) is 0 Å². The highest BCUT2D eigenvalue weighted by molar-refractivity contribution is 5.33. The molecule has 0 aliphatic carbocycles. The second kappa shape index (κ2) is 6.52. The van der Waals surface area contributed by atoms with E-state index in [1.165, 1.54) is 30.4 Å². The van der Waals surface area contributed by atoms with Crippen molar-refractivity contribution in [3.63, 3.8) is 0 Å². The summed E-state index contributed by atoms with van der Waals surface area (Å²) in [4.78, 5) is 0. The lowest BCUT2D eigenvalue weighted by atomic mass is 9.96. The Morgan fingerprint density at radius 1 is 1.19 bits per heavy atom. The minimum Gasteiger partial charge on any atom is -0.0906 e. The molecular formula is C16H23. The van der Waals surface area contributed by atoms with Gasteiger partial charge in [-0.3, -0.25) is 0 Å². The van der Waals surface area contributed by atoms with Crippen molar-refractivity contribution in [1.29, 1.82) is 0 Å². The first-order chi connectivity index (χ1) is 7.65. The van der Waals surface area contributed by atoms with E-state index in [9.17, 15) is 0 Å². The average Bonchev–Trinajstić information content (AvgIpc) is 2.25. The molecule has 0 heteroatoms. The molecule has 1 aromatic rings. The molecule has 0 saturated carbocycles. The quantitative estimate of drug-likeness (QED) is 0.652. The van der Waals surface area contributed by atoms with Crippen molar-refractivity contribution in [3.8, 4) is 0 Å². The van der Waals surface area contributed by atoms with Crippen molar-refractivity contribution in [2.45, 2.75) is 46.5 Å². The number of hydrogen-bond acceptors (Lipinski definition) is 0. The Bertz CT molecular complexity index is 334. The SMILES string of the molecule is C=[C]c1cc(CCCC)cc(CC(C)C)c1. The van der Waals surface area contributed by atoms with Crippen LogP contribution in [0.25, 0.3) is 0 Å². The summed E-state index contributed by atoms with van der Waals surface area (Å²) in [5.41, 5.74) is 4.00. The molecule has 0 aliphatic rings. The minimum atomic E-state index is 0.707. The third-order valence-electron chi connectivity index (χ3n) is 2.72. The van der Waals surface area contributed by atoms with Crippen LogP contribution in [0, 0.1) is 12.0 Å². The molecule has 0 fully saturated rings. The molecule has 0 unspecified atom stereocenters. The molecule has 0 spiro atoms. The first kappa shape index (κ1) is 13.0. The van der Waals surface area contributed by atoms with Gasteiger partial charge in [-0.25, -0.2) is 0 Å². The molecule has 0 aliphatic heterocycles. The van der Waals surface area contributed by atoms with Gasteiger partial charge in [0, 0.05) is 0 Å². The highest BCUT2D eigenvalue weighted by atomic mass is 14.1. The van der Waals surface area contributed by atoms with Crippen LogP contribution >= 0.6 is 0 Å². The molecule has 0 saturated heterocycles. The lowest BCUT2D eigenvalue weighted by Crippen LogP contribution is -1.97. The van der Waals surface area contributed by atoms with Crippen molar-refractivity contribution in [1.82, 2.24) is 0 Å². The molecule has 0 amide bonds. The van der Waals surface area contributed by atoms with Crippen LogP contribution in [0.3, 0.4) is 0 Å². The van der Waals surface area contributed by atoms with Crippen LogP contribution in [-0.2, 0) is 12.8 Å². The van der Waals surface area contributed by atoms with E-state index in [0.717, 1.165) is 12.0 Å². The molecule has 1 aromatic carbocycles. The average molecular weight is 215 g/mol. The Morgan fingerprint density at radius 3 is 2.44 bits per heavy atom. The molecule has 16 heavy (non-hydrogen) atoms. The second-order valence-corrected chi connectivity index (χ2v) is 4.92. The number of unbranched alkanes of at least 4 members (excludes halogenated alkanes) is 1. The van der Waals surface area contributed by atoms with Crippen molar-refractivity contribution in [3.05, 3.63) is 47.5 Å². The van der Waals surface area contributed by atoms with E-state index in [1.54, 1.807) is 0 Å². The van der Waals surface area contributed by atoms with E-state index in [4.69, 9.17) is 0 Å². The topological polar surface area (TPSA) is 0 Å². The maximum Gasteiger partial charge on any atom is -0.0178 e. The first-order valence-electron chi connectivity index (χ1n) is 6.31. The minimum absolute atomic E-state index is 0.707. The Morgan fingerprint density at radius 2 is 1.88 bits per heavy atom. The normalized spacial score (nSPS) is 10.8. The fraction of sp³-hybridized carbons (Fsp3) is 0.500. The molecule has 87 valence electrons. The van der Waals surface area contributed by atoms with Gasteiger partial charge >= 0.3 is 0 Å². The van der Waals surface area contributed by atoms with Gasteiger partial charge in [0.2, 0.25) is 0 Å². The number of benzene rings is 1. The summed E-state index contributed by atoms with van der Waals surface area (Å²) in [6.45, 7) is 10.5. The van der Waals surface area contributed by atoms with Gasteiger partial charge in [-0.15, -0.1) is 0 Å². The van der Waals surface area contributed by atoms with Gasteiger partial charge in [-0.1, -0.05) is 52.0 Å². The second-order valence-electron chi connectivity index (χ2n) is 4.92. The van der Waals surface area contributed by atoms with Crippen molar-refractivity contribution >= 4 is 0 Å². The van der Waals surface area contributed by atoms with Gasteiger partial charge in [0.15, 0.2) is 0 Å². The fourth-order valence-electron chi connectivity index (χ4n) is 1.98. The molecular weight excluding hydrogens is 192 g/mol. The van der Waals surface area contributed by atoms with E-state index in [0.29, 0.717) is 5.92 Å². The summed E-state index contributed by atoms with van der Waals surface area (Å²) in [6, 6.07) is 6.77. The Kier molecular flexibility index (Phi) is 5.31. The van der Waals surface area contributed by atoms with Crippen LogP contribution in [0.15, 0.2) is 24.8 Å². The summed E-state index contributed by atoms with van der Waals surface area (Å²) in [6.07, 6.45) is 7.85. The lowest BCUT2D eigenvalue weighted by molar-refractivity contribution is 0.646. The molecule has 0 aromatic heterocycles. The summed E-state index contributed by atoms with van der Waals surface area (Å²) < 4.78 is 0. The largest absolute Gasteiger partial charge is 0.0906 e. The van der Waals surface area contributed by atoms with Crippen molar-refractivity contribution in [2.24, 2.45) is 5.92 Å². The zero-order chi connectivity index (χ0) is 12.0. The highest BCUT2D eigenvalue weighted by Crippen LogP contribution is 2.16. The van der Waals surface area contributed by atoms with Crippen LogP contribution in [0.2, 0.25) is 0 Å². The Labute approximate surface area is 100 Å². The van der Waals surface area contributed by atoms with Crippen LogP contribution in [0.1, 0.15) is 50.3 Å². The first-order valence-corrected chi connectivity index (χ1v) is 6.31. The zero-order valence-electron chi connectivity index (χ0n) is 10.8. The molecule has 0 nitrogen and oxygen atoms in total. The standard InChI is InChI=1S/C16H23/c1-5-7-8-15-10-14(6-2)11-16(12-15)9-13(3)4/h10-13H,2,5,7-9H2,1,3-4H3. The predicted molar refractivity (Wildman–Crippen MR) is 71.6 cm³/mol. The smallest absolute Gasteiger partial charge is 0.0178 e. The third-order valence-corrected chi connectivity index (χ3v) is 2.72. The van der Waals surface area contributed by atoms with Crippen molar-refractivity contribution < 1.29 is 0 Å². The van der Waals surface area contributed by atoms with Gasteiger partial charge in [-0.05, 0) is 47.9 Å². The molecule has 0 atom stereocenters. The van der Waals surface area contributed by atoms with E-state index >= 15 is 0 Å². The van der Waals surface area contributed by atoms with Gasteiger partial charge in [0.25, 0.3) is 0 Å². The van der Waals surface area contributed by atoms with Crippen molar-refractivity contribution in [2.75, 3.05) is 0 Å². The number of hydrogen-bond donors (Lipinski definition) is 0. The molecule has 0 N–H and O–H groups in total. The van der Waals surface area contributed by atoms with Gasteiger partial charge in [0.1, 0.15) is 0 Å². The summed E-state index contributed by atoms with van der Waals surface area (Å²) >= 11 is 0. The monoisotopic (exact) mass is 215 g/mol. The van der Waals surface area contributed by atoms with Crippen LogP contribution < -0.4 is 0 Å². The third kappa shape index (κ3) is 4.22. The van der Waals surface area contributed by atoms with Gasteiger partial charge in [-0.2, -0.15) is 0 Å². The summed E-state index contributed by atoms with van der Waals surface area (Å²) in [7, 11) is 0. The van der Waals surface area contributed by atoms with Crippen LogP contribution in [0.4, 0.5) is 0 Å². The fourth-order valence-corrected chi connectivity index (χ4v) is 1.98. The summed E-state index contributed by atoms with van der Waals surface area (Å²) in [5, 5.41) is 0. The Hall–Kier alpha value is -1.04. The molecule has 0 heterocycles. The number of aryl methyl sites for hydroxylation is 1. The summed E-state index contributed by atoms with van der Waals surface area (Å²) in [5.74, 6) is 0.707. The zero-order valence-corrected chi connectivity index (χ0v) is 10.8. The van der Waals surface area contributed by atoms with Crippen LogP contribution in [0.5, 0.6) is 0 Å². The molecule has 1 rings (SSSR count). The van der Waals surface area contributed by atoms with E-state index in [2.05, 4.69) is 51.6 Å². The van der Waals surface area contributed by atoms with E-state index < -0.39 is 0 Å². The van der Waals surface area contributed by atoms with E-state index in [-0.39, 0.29) is 0 Å². The van der Waals surface area contributed by atoms with Crippen LogP contribution in [-0.4, -0.2) is 0 Å². The number of rotatable bonds is 6. The maximum absolute atomic E-state index is 3.75. The highest BCUT2D eigenvalue weighted by Gasteiger charge is 2.02. The van der Waals surface area contributed by atoms with Gasteiger partial charge < -0.3 is 0 Å². The molecule has 0 bridgehead atoms. The lowest BCUT2D eigenvalue weighted by Gasteiger charge is -2.09. The van der Waals surface area contributed by atoms with E-state index in [1.807, 2.05) is 0 Å².